The van der Waals surface area contributed by atoms with Gasteiger partial charge in [0.15, 0.2) is 22.1 Å². The van der Waals surface area contributed by atoms with E-state index in [0.717, 1.165) is 37.6 Å². The highest BCUT2D eigenvalue weighted by Crippen LogP contribution is 2.16. The molecule has 0 unspecified atom stereocenters. The van der Waals surface area contributed by atoms with Crippen molar-refractivity contribution >= 4 is 22.1 Å². The van der Waals surface area contributed by atoms with Gasteiger partial charge in [-0.1, -0.05) is 54.6 Å². The number of aromatic nitrogens is 6. The SMILES string of the molecule is c1ccc(Cn2c[n+](Cc3cccc(C[n+]4cn(Cc5ccccn5)c5ccccc54)c3)c3ccccc32)nc1. The van der Waals surface area contributed by atoms with Gasteiger partial charge in [-0.2, -0.15) is 0 Å². The lowest BCUT2D eigenvalue weighted by Gasteiger charge is -2.04. The topological polar surface area (TPSA) is 43.4 Å². The van der Waals surface area contributed by atoms with E-state index in [-0.39, 0.29) is 0 Å². The lowest BCUT2D eigenvalue weighted by atomic mass is 10.1. The molecule has 0 saturated heterocycles. The summed E-state index contributed by atoms with van der Waals surface area (Å²) in [6.07, 6.45) is 8.14. The van der Waals surface area contributed by atoms with Gasteiger partial charge in [0, 0.05) is 12.4 Å². The van der Waals surface area contributed by atoms with E-state index in [1.54, 1.807) is 0 Å². The minimum absolute atomic E-state index is 0.744. The van der Waals surface area contributed by atoms with E-state index in [1.165, 1.54) is 33.2 Å². The second-order valence-corrected chi connectivity index (χ2v) is 10.2. The quantitative estimate of drug-likeness (QED) is 0.259. The summed E-state index contributed by atoms with van der Waals surface area (Å²) in [5.74, 6) is 0. The van der Waals surface area contributed by atoms with Crippen LogP contribution in [0.2, 0.25) is 0 Å². The summed E-state index contributed by atoms with van der Waals surface area (Å²) in [4.78, 5) is 9.07. The third-order valence-electron chi connectivity index (χ3n) is 7.37. The van der Waals surface area contributed by atoms with Gasteiger partial charge < -0.3 is 0 Å². The van der Waals surface area contributed by atoms with Crippen LogP contribution < -0.4 is 9.13 Å². The molecule has 0 fully saturated rings. The van der Waals surface area contributed by atoms with Crippen LogP contribution in [-0.2, 0) is 26.2 Å². The molecule has 0 aliphatic heterocycles. The van der Waals surface area contributed by atoms with Crippen LogP contribution >= 0.6 is 0 Å². The van der Waals surface area contributed by atoms with Gasteiger partial charge in [0.05, 0.1) is 11.4 Å². The normalized spacial score (nSPS) is 11.4. The van der Waals surface area contributed by atoms with E-state index in [0.29, 0.717) is 0 Å². The Labute approximate surface area is 233 Å². The molecule has 7 rings (SSSR count). The Morgan fingerprint density at radius 2 is 0.975 bits per heavy atom. The molecule has 7 aromatic rings. The fraction of sp³-hybridized carbons (Fsp3) is 0.118. The lowest BCUT2D eigenvalue weighted by molar-refractivity contribution is -0.664. The molecular formula is C34H30N6+2. The van der Waals surface area contributed by atoms with E-state index in [4.69, 9.17) is 0 Å². The third-order valence-corrected chi connectivity index (χ3v) is 7.37. The zero-order valence-electron chi connectivity index (χ0n) is 22.2. The molecule has 0 amide bonds. The van der Waals surface area contributed by atoms with Crippen LogP contribution in [0, 0.1) is 0 Å². The summed E-state index contributed by atoms with van der Waals surface area (Å²) in [5, 5.41) is 0. The van der Waals surface area contributed by atoms with Gasteiger partial charge in [-0.05, 0) is 65.7 Å². The molecule has 6 heteroatoms. The monoisotopic (exact) mass is 522 g/mol. The summed E-state index contributed by atoms with van der Waals surface area (Å²) < 4.78 is 9.24. The van der Waals surface area contributed by atoms with Crippen molar-refractivity contribution in [3.8, 4) is 0 Å². The molecule has 0 atom stereocenters. The minimum atomic E-state index is 0.744. The molecule has 4 aromatic heterocycles. The van der Waals surface area contributed by atoms with Crippen LogP contribution in [0.4, 0.5) is 0 Å². The molecule has 3 aromatic carbocycles. The highest BCUT2D eigenvalue weighted by Gasteiger charge is 2.18. The van der Waals surface area contributed by atoms with Crippen LogP contribution in [-0.4, -0.2) is 19.1 Å². The maximum atomic E-state index is 4.53. The zero-order valence-corrected chi connectivity index (χ0v) is 22.2. The Morgan fingerprint density at radius 3 is 1.45 bits per heavy atom. The van der Waals surface area contributed by atoms with Gasteiger partial charge in [-0.3, -0.25) is 9.97 Å². The smallest absolute Gasteiger partial charge is 0.245 e. The van der Waals surface area contributed by atoms with Crippen LogP contribution in [0.1, 0.15) is 22.5 Å². The summed E-state index contributed by atoms with van der Waals surface area (Å²) in [6, 6.07) is 38.3. The molecule has 0 aliphatic rings. The predicted octanol–water partition coefficient (Wildman–Crippen LogP) is 5.15. The van der Waals surface area contributed by atoms with Gasteiger partial charge in [0.25, 0.3) is 0 Å². The largest absolute Gasteiger partial charge is 0.257 e. The first-order valence-electron chi connectivity index (χ1n) is 13.6. The van der Waals surface area contributed by atoms with Crippen molar-refractivity contribution in [2.24, 2.45) is 0 Å². The van der Waals surface area contributed by atoms with Crippen LogP contribution in [0.5, 0.6) is 0 Å². The van der Waals surface area contributed by atoms with Crippen molar-refractivity contribution in [1.82, 2.24) is 19.1 Å². The molecule has 0 spiro atoms. The molecule has 194 valence electrons. The van der Waals surface area contributed by atoms with E-state index in [2.05, 4.69) is 126 Å². The molecule has 6 nitrogen and oxygen atoms in total. The van der Waals surface area contributed by atoms with Crippen molar-refractivity contribution in [1.29, 1.82) is 0 Å². The van der Waals surface area contributed by atoms with E-state index >= 15 is 0 Å². The van der Waals surface area contributed by atoms with Crippen molar-refractivity contribution in [3.63, 3.8) is 0 Å². The third kappa shape index (κ3) is 4.87. The van der Waals surface area contributed by atoms with Crippen molar-refractivity contribution < 1.29 is 9.13 Å². The molecule has 0 aliphatic carbocycles. The van der Waals surface area contributed by atoms with Gasteiger partial charge in [-0.15, -0.1) is 0 Å². The minimum Gasteiger partial charge on any atom is -0.257 e. The summed E-state index contributed by atoms with van der Waals surface area (Å²) in [7, 11) is 0. The predicted molar refractivity (Wildman–Crippen MR) is 156 cm³/mol. The Morgan fingerprint density at radius 1 is 0.500 bits per heavy atom. The summed E-state index contributed by atoms with van der Waals surface area (Å²) >= 11 is 0. The van der Waals surface area contributed by atoms with Gasteiger partial charge >= 0.3 is 0 Å². The first-order chi connectivity index (χ1) is 19.8. The average molecular weight is 523 g/mol. The highest BCUT2D eigenvalue weighted by molar-refractivity contribution is 5.72. The van der Waals surface area contributed by atoms with Gasteiger partial charge in [-0.25, -0.2) is 18.3 Å². The molecule has 4 heterocycles. The van der Waals surface area contributed by atoms with Crippen LogP contribution in [0.25, 0.3) is 22.1 Å². The molecule has 0 bridgehead atoms. The fourth-order valence-electron chi connectivity index (χ4n) is 5.54. The number of fused-ring (bicyclic) bond motifs is 2. The number of nitrogens with zero attached hydrogens (tertiary/aromatic N) is 6. The van der Waals surface area contributed by atoms with Crippen molar-refractivity contribution in [2.45, 2.75) is 26.2 Å². The summed E-state index contributed by atoms with van der Waals surface area (Å²) in [6.45, 7) is 3.09. The Balaban J connectivity index is 1.17. The lowest BCUT2D eigenvalue weighted by Crippen LogP contribution is -2.34. The van der Waals surface area contributed by atoms with Crippen molar-refractivity contribution in [3.05, 3.63) is 157 Å². The number of hydrogen-bond donors (Lipinski definition) is 0. The number of pyridine rings is 2. The van der Waals surface area contributed by atoms with Gasteiger partial charge in [0.1, 0.15) is 26.2 Å². The Hall–Kier alpha value is -5.10. The standard InChI is InChI=1S/C34H30N6/c1-3-16-33-31(14-1)37(25-39(33)23-29-12-5-7-18-35-29)21-27-10-9-11-28(20-27)22-38-26-40(24-30-13-6-8-19-36-30)34-17-4-2-15-32(34)38/h1-20,25-26H,21-24H2/q+2. The first kappa shape index (κ1) is 24.0. The molecule has 0 N–H and O–H groups in total. The maximum absolute atomic E-state index is 4.53. The molecule has 40 heavy (non-hydrogen) atoms. The van der Waals surface area contributed by atoms with Crippen LogP contribution in [0.15, 0.2) is 134 Å². The summed E-state index contributed by atoms with van der Waals surface area (Å²) in [5.41, 5.74) is 9.52. The molecular weight excluding hydrogens is 492 g/mol. The zero-order chi connectivity index (χ0) is 26.7. The molecule has 0 saturated carbocycles. The van der Waals surface area contributed by atoms with E-state index in [9.17, 15) is 0 Å². The first-order valence-corrected chi connectivity index (χ1v) is 13.6. The number of imidazole rings is 2. The second-order valence-electron chi connectivity index (χ2n) is 10.2. The van der Waals surface area contributed by atoms with E-state index in [1.807, 2.05) is 36.7 Å². The fourth-order valence-corrected chi connectivity index (χ4v) is 5.54. The average Bonchev–Trinajstić information content (AvgIpc) is 3.52. The maximum Gasteiger partial charge on any atom is 0.245 e. The van der Waals surface area contributed by atoms with Crippen LogP contribution in [0.3, 0.4) is 0 Å². The Bertz CT molecular complexity index is 1770. The number of benzene rings is 3. The number of rotatable bonds is 8. The van der Waals surface area contributed by atoms with E-state index < -0.39 is 0 Å². The van der Waals surface area contributed by atoms with Crippen molar-refractivity contribution in [2.75, 3.05) is 0 Å². The van der Waals surface area contributed by atoms with Gasteiger partial charge in [0.2, 0.25) is 12.7 Å². The number of hydrogen-bond acceptors (Lipinski definition) is 2. The number of para-hydroxylation sites is 4. The second kappa shape index (κ2) is 10.6. The highest BCUT2D eigenvalue weighted by atomic mass is 15.1. The Kier molecular flexibility index (Phi) is 6.34. The molecule has 0 radical (unpaired) electrons.